The van der Waals surface area contributed by atoms with E-state index >= 15 is 0 Å². The molecule has 0 unspecified atom stereocenters. The molecule has 0 spiro atoms. The largest absolute Gasteiger partial charge is 0.322 e. The van der Waals surface area contributed by atoms with Crippen molar-refractivity contribution in [3.8, 4) is 0 Å². The molecular formula is C26H37N3O+2. The quantitative estimate of drug-likeness (QED) is 0.645. The molecule has 2 aromatic rings. The molecule has 0 saturated carbocycles. The van der Waals surface area contributed by atoms with Gasteiger partial charge in [-0.05, 0) is 42.5 Å². The fourth-order valence-corrected chi connectivity index (χ4v) is 4.25. The van der Waals surface area contributed by atoms with Gasteiger partial charge in [0.1, 0.15) is 26.2 Å². The summed E-state index contributed by atoms with van der Waals surface area (Å²) in [6, 6.07) is 16.7. The Labute approximate surface area is 181 Å². The molecule has 1 saturated heterocycles. The third kappa shape index (κ3) is 5.80. The van der Waals surface area contributed by atoms with Crippen molar-refractivity contribution in [1.29, 1.82) is 0 Å². The SMILES string of the molecule is Cc1cccc(C(C)C)c1NC(=O)[C@H](C)[NH+]1CC[NH+](C/C=C/c2ccccc2)CC1. The van der Waals surface area contributed by atoms with E-state index in [4.69, 9.17) is 0 Å². The normalized spacial score (nSPS) is 20.4. The van der Waals surface area contributed by atoms with Crippen LogP contribution in [0.15, 0.2) is 54.6 Å². The zero-order chi connectivity index (χ0) is 21.5. The van der Waals surface area contributed by atoms with Gasteiger partial charge in [0, 0.05) is 5.69 Å². The average molecular weight is 408 g/mol. The molecule has 1 heterocycles. The first-order valence-electron chi connectivity index (χ1n) is 11.3. The molecule has 1 fully saturated rings. The van der Waals surface area contributed by atoms with Gasteiger partial charge in [0.2, 0.25) is 0 Å². The Morgan fingerprint density at radius 2 is 1.70 bits per heavy atom. The third-order valence-electron chi connectivity index (χ3n) is 6.30. The number of anilines is 1. The highest BCUT2D eigenvalue weighted by molar-refractivity contribution is 5.95. The lowest BCUT2D eigenvalue weighted by Gasteiger charge is -2.32. The van der Waals surface area contributed by atoms with E-state index in [0.29, 0.717) is 5.92 Å². The van der Waals surface area contributed by atoms with Gasteiger partial charge >= 0.3 is 0 Å². The summed E-state index contributed by atoms with van der Waals surface area (Å²) in [5.41, 5.74) is 4.60. The summed E-state index contributed by atoms with van der Waals surface area (Å²) >= 11 is 0. The summed E-state index contributed by atoms with van der Waals surface area (Å²) in [7, 11) is 0. The Balaban J connectivity index is 1.51. The van der Waals surface area contributed by atoms with Gasteiger partial charge in [-0.2, -0.15) is 0 Å². The second kappa shape index (κ2) is 10.6. The number of piperazine rings is 1. The maximum atomic E-state index is 13.0. The zero-order valence-electron chi connectivity index (χ0n) is 18.9. The maximum absolute atomic E-state index is 13.0. The van der Waals surface area contributed by atoms with Crippen LogP contribution in [0.4, 0.5) is 5.69 Å². The van der Waals surface area contributed by atoms with Gasteiger partial charge in [-0.1, -0.05) is 68.5 Å². The molecule has 2 aromatic carbocycles. The van der Waals surface area contributed by atoms with Gasteiger partial charge in [0.25, 0.3) is 5.91 Å². The topological polar surface area (TPSA) is 38.0 Å². The highest BCUT2D eigenvalue weighted by atomic mass is 16.2. The number of benzene rings is 2. The van der Waals surface area contributed by atoms with Crippen LogP contribution in [0.3, 0.4) is 0 Å². The first-order chi connectivity index (χ1) is 14.5. The van der Waals surface area contributed by atoms with Gasteiger partial charge < -0.3 is 15.1 Å². The smallest absolute Gasteiger partial charge is 0.282 e. The summed E-state index contributed by atoms with van der Waals surface area (Å²) in [5.74, 6) is 0.521. The average Bonchev–Trinajstić information content (AvgIpc) is 2.75. The second-order valence-corrected chi connectivity index (χ2v) is 8.83. The van der Waals surface area contributed by atoms with E-state index in [1.165, 1.54) is 16.0 Å². The van der Waals surface area contributed by atoms with Gasteiger partial charge in [0.15, 0.2) is 6.04 Å². The number of amides is 1. The van der Waals surface area contributed by atoms with Crippen molar-refractivity contribution in [3.05, 3.63) is 71.3 Å². The minimum absolute atomic E-state index is 0.0361. The molecule has 3 rings (SSSR count). The lowest BCUT2D eigenvalue weighted by molar-refractivity contribution is -1.02. The van der Waals surface area contributed by atoms with E-state index in [9.17, 15) is 4.79 Å². The van der Waals surface area contributed by atoms with E-state index in [-0.39, 0.29) is 11.9 Å². The maximum Gasteiger partial charge on any atom is 0.282 e. The highest BCUT2D eigenvalue weighted by Crippen LogP contribution is 2.27. The molecule has 0 bridgehead atoms. The number of hydrogen-bond donors (Lipinski definition) is 3. The Bertz CT molecular complexity index is 852. The van der Waals surface area contributed by atoms with E-state index in [1.54, 1.807) is 4.90 Å². The van der Waals surface area contributed by atoms with Crippen molar-refractivity contribution >= 4 is 17.7 Å². The van der Waals surface area contributed by atoms with Crippen molar-refractivity contribution < 1.29 is 14.6 Å². The summed E-state index contributed by atoms with van der Waals surface area (Å²) in [5, 5.41) is 3.24. The van der Waals surface area contributed by atoms with E-state index in [0.717, 1.165) is 44.0 Å². The summed E-state index contributed by atoms with van der Waals surface area (Å²) in [4.78, 5) is 16.0. The van der Waals surface area contributed by atoms with Crippen molar-refractivity contribution in [1.82, 2.24) is 0 Å². The number of nitrogens with one attached hydrogen (secondary N) is 3. The minimum atomic E-state index is -0.0361. The number of carbonyl (C=O) groups excluding carboxylic acids is 1. The van der Waals surface area contributed by atoms with Gasteiger partial charge in [0.05, 0.1) is 6.54 Å². The van der Waals surface area contributed by atoms with Crippen LogP contribution >= 0.6 is 0 Å². The first kappa shape index (κ1) is 22.3. The predicted octanol–water partition coefficient (Wildman–Crippen LogP) is 1.94. The molecule has 1 aliphatic heterocycles. The number of carbonyl (C=O) groups is 1. The Kier molecular flexibility index (Phi) is 7.83. The van der Waals surface area contributed by atoms with Crippen LogP contribution in [0.1, 0.15) is 43.4 Å². The second-order valence-electron chi connectivity index (χ2n) is 8.83. The predicted molar refractivity (Wildman–Crippen MR) is 125 cm³/mol. The molecular weight excluding hydrogens is 370 g/mol. The Morgan fingerprint density at radius 3 is 2.37 bits per heavy atom. The molecule has 0 radical (unpaired) electrons. The molecule has 4 nitrogen and oxygen atoms in total. The van der Waals surface area contributed by atoms with E-state index in [2.05, 4.69) is 87.6 Å². The van der Waals surface area contributed by atoms with Crippen LogP contribution in [0.5, 0.6) is 0 Å². The number of quaternary nitrogens is 2. The molecule has 0 aliphatic carbocycles. The molecule has 30 heavy (non-hydrogen) atoms. The molecule has 0 aromatic heterocycles. The van der Waals surface area contributed by atoms with Crippen LogP contribution in [0, 0.1) is 6.92 Å². The Hall–Kier alpha value is -2.43. The summed E-state index contributed by atoms with van der Waals surface area (Å²) < 4.78 is 0. The fraction of sp³-hybridized carbons (Fsp3) is 0.423. The number of para-hydroxylation sites is 1. The molecule has 3 N–H and O–H groups in total. The standard InChI is InChI=1S/C26H35N3O/c1-20(2)24-14-8-10-21(3)25(24)27-26(30)22(4)29-18-16-28(17-19-29)15-9-13-23-11-6-5-7-12-23/h5-14,20,22H,15-19H2,1-4H3,(H,27,30)/p+2/b13-9+/t22-/m0/s1. The van der Waals surface area contributed by atoms with Crippen molar-refractivity contribution in [3.63, 3.8) is 0 Å². The fourth-order valence-electron chi connectivity index (χ4n) is 4.25. The molecule has 160 valence electrons. The van der Waals surface area contributed by atoms with Gasteiger partial charge in [-0.3, -0.25) is 4.79 Å². The lowest BCUT2D eigenvalue weighted by Crippen LogP contribution is -3.29. The van der Waals surface area contributed by atoms with Crippen LogP contribution in [0.2, 0.25) is 0 Å². The van der Waals surface area contributed by atoms with Crippen LogP contribution in [-0.4, -0.2) is 44.7 Å². The summed E-state index contributed by atoms with van der Waals surface area (Å²) in [6.45, 7) is 13.8. The van der Waals surface area contributed by atoms with Gasteiger partial charge in [-0.25, -0.2) is 0 Å². The summed E-state index contributed by atoms with van der Waals surface area (Å²) in [6.07, 6.45) is 4.48. The van der Waals surface area contributed by atoms with Crippen LogP contribution in [-0.2, 0) is 4.79 Å². The minimum Gasteiger partial charge on any atom is -0.322 e. The Morgan fingerprint density at radius 1 is 1.00 bits per heavy atom. The molecule has 1 aliphatic rings. The van der Waals surface area contributed by atoms with Crippen molar-refractivity contribution in [2.45, 2.75) is 39.7 Å². The highest BCUT2D eigenvalue weighted by Gasteiger charge is 2.31. The lowest BCUT2D eigenvalue weighted by atomic mass is 9.98. The van der Waals surface area contributed by atoms with E-state index < -0.39 is 0 Å². The third-order valence-corrected chi connectivity index (χ3v) is 6.30. The van der Waals surface area contributed by atoms with Crippen molar-refractivity contribution in [2.24, 2.45) is 0 Å². The van der Waals surface area contributed by atoms with Crippen molar-refractivity contribution in [2.75, 3.05) is 38.0 Å². The van der Waals surface area contributed by atoms with E-state index in [1.807, 2.05) is 6.07 Å². The van der Waals surface area contributed by atoms with Crippen LogP contribution in [0.25, 0.3) is 6.08 Å². The molecule has 4 heteroatoms. The first-order valence-corrected chi connectivity index (χ1v) is 11.3. The number of aryl methyl sites for hydroxylation is 1. The van der Waals surface area contributed by atoms with Gasteiger partial charge in [-0.15, -0.1) is 0 Å². The number of rotatable bonds is 7. The zero-order valence-corrected chi connectivity index (χ0v) is 18.9. The molecule has 1 atom stereocenters. The monoisotopic (exact) mass is 407 g/mol. The number of hydrogen-bond acceptors (Lipinski definition) is 1. The molecule has 1 amide bonds. The van der Waals surface area contributed by atoms with Crippen LogP contribution < -0.4 is 15.1 Å².